The van der Waals surface area contributed by atoms with Crippen LogP contribution in [-0.4, -0.2) is 18.5 Å². The van der Waals surface area contributed by atoms with Crippen molar-refractivity contribution < 1.29 is 4.39 Å². The number of thiophene rings is 1. The normalized spacial score (nSPS) is 12.9. The summed E-state index contributed by atoms with van der Waals surface area (Å²) in [5.74, 6) is -0.244. The number of nitrogens with two attached hydrogens (primary N) is 1. The molecule has 1 atom stereocenters. The van der Waals surface area contributed by atoms with Crippen molar-refractivity contribution in [1.29, 1.82) is 0 Å². The lowest BCUT2D eigenvalue weighted by atomic mass is 10.1. The molecular formula is C14H16BrFN2S. The number of benzene rings is 1. The fraction of sp³-hybridized carbons (Fsp3) is 0.286. The Morgan fingerprint density at radius 3 is 2.79 bits per heavy atom. The van der Waals surface area contributed by atoms with E-state index in [1.54, 1.807) is 17.4 Å². The van der Waals surface area contributed by atoms with E-state index in [1.807, 2.05) is 7.05 Å². The molecule has 2 N–H and O–H groups in total. The van der Waals surface area contributed by atoms with Gasteiger partial charge < -0.3 is 5.73 Å². The zero-order valence-electron chi connectivity index (χ0n) is 10.6. The van der Waals surface area contributed by atoms with Crippen molar-refractivity contribution >= 4 is 27.3 Å². The van der Waals surface area contributed by atoms with Crippen LogP contribution in [0.15, 0.2) is 39.5 Å². The molecule has 2 nitrogen and oxygen atoms in total. The molecule has 5 heteroatoms. The van der Waals surface area contributed by atoms with Crippen LogP contribution in [-0.2, 0) is 6.54 Å². The summed E-state index contributed by atoms with van der Waals surface area (Å²) in [4.78, 5) is 2.18. The molecule has 0 fully saturated rings. The van der Waals surface area contributed by atoms with Crippen LogP contribution in [0.1, 0.15) is 17.2 Å². The summed E-state index contributed by atoms with van der Waals surface area (Å²) in [6.45, 7) is 1.32. The van der Waals surface area contributed by atoms with Gasteiger partial charge in [0, 0.05) is 23.6 Å². The first-order valence-corrected chi connectivity index (χ1v) is 7.71. The van der Waals surface area contributed by atoms with E-state index in [-0.39, 0.29) is 11.9 Å². The van der Waals surface area contributed by atoms with Crippen molar-refractivity contribution in [2.45, 2.75) is 12.6 Å². The highest BCUT2D eigenvalue weighted by Gasteiger charge is 2.18. The molecule has 0 aliphatic rings. The third-order valence-electron chi connectivity index (χ3n) is 3.09. The second-order valence-electron chi connectivity index (χ2n) is 4.46. The van der Waals surface area contributed by atoms with Crippen LogP contribution in [0.25, 0.3) is 0 Å². The molecule has 0 saturated heterocycles. The fourth-order valence-electron chi connectivity index (χ4n) is 2.10. The predicted octanol–water partition coefficient (Wildman–Crippen LogP) is 3.78. The van der Waals surface area contributed by atoms with Gasteiger partial charge in [-0.2, -0.15) is 11.3 Å². The zero-order chi connectivity index (χ0) is 13.8. The van der Waals surface area contributed by atoms with Crippen molar-refractivity contribution in [2.24, 2.45) is 5.73 Å². The lowest BCUT2D eigenvalue weighted by molar-refractivity contribution is 0.241. The van der Waals surface area contributed by atoms with E-state index >= 15 is 0 Å². The lowest BCUT2D eigenvalue weighted by Gasteiger charge is -2.28. The van der Waals surface area contributed by atoms with Crippen LogP contribution < -0.4 is 5.73 Å². The van der Waals surface area contributed by atoms with E-state index in [9.17, 15) is 4.39 Å². The second-order valence-corrected chi connectivity index (χ2v) is 6.10. The Morgan fingerprint density at radius 2 is 2.21 bits per heavy atom. The number of rotatable bonds is 5. The van der Waals surface area contributed by atoms with Crippen LogP contribution in [0.5, 0.6) is 0 Å². The minimum atomic E-state index is -0.244. The lowest BCUT2D eigenvalue weighted by Crippen LogP contribution is -2.30. The number of hydrogen-bond donors (Lipinski definition) is 1. The molecule has 1 heterocycles. The van der Waals surface area contributed by atoms with E-state index in [0.717, 1.165) is 16.6 Å². The molecule has 1 unspecified atom stereocenters. The minimum Gasteiger partial charge on any atom is -0.329 e. The van der Waals surface area contributed by atoms with Crippen molar-refractivity contribution in [3.8, 4) is 0 Å². The van der Waals surface area contributed by atoms with Gasteiger partial charge in [0.05, 0.1) is 0 Å². The highest BCUT2D eigenvalue weighted by atomic mass is 79.9. The van der Waals surface area contributed by atoms with Gasteiger partial charge in [-0.15, -0.1) is 0 Å². The molecule has 2 rings (SSSR count). The summed E-state index contributed by atoms with van der Waals surface area (Å²) in [7, 11) is 2.03. The van der Waals surface area contributed by atoms with Crippen LogP contribution >= 0.6 is 27.3 Å². The first kappa shape index (κ1) is 14.7. The molecule has 0 aliphatic heterocycles. The Labute approximate surface area is 125 Å². The van der Waals surface area contributed by atoms with E-state index in [1.165, 1.54) is 17.7 Å². The number of hydrogen-bond acceptors (Lipinski definition) is 3. The quantitative estimate of drug-likeness (QED) is 0.895. The topological polar surface area (TPSA) is 29.3 Å². The van der Waals surface area contributed by atoms with Crippen LogP contribution in [0, 0.1) is 5.82 Å². The fourth-order valence-corrected chi connectivity index (χ4v) is 3.37. The van der Waals surface area contributed by atoms with Crippen LogP contribution in [0.2, 0.25) is 0 Å². The minimum absolute atomic E-state index is 0.0647. The maximum atomic E-state index is 13.1. The highest BCUT2D eigenvalue weighted by molar-refractivity contribution is 9.10. The maximum absolute atomic E-state index is 13.1. The number of nitrogens with zero attached hydrogens (tertiary/aromatic N) is 1. The Bertz CT molecular complexity index is 530. The van der Waals surface area contributed by atoms with Crippen molar-refractivity contribution in [1.82, 2.24) is 4.90 Å². The van der Waals surface area contributed by atoms with E-state index < -0.39 is 0 Å². The molecule has 19 heavy (non-hydrogen) atoms. The van der Waals surface area contributed by atoms with Gasteiger partial charge in [-0.3, -0.25) is 4.90 Å². The van der Waals surface area contributed by atoms with E-state index in [2.05, 4.69) is 37.7 Å². The van der Waals surface area contributed by atoms with Gasteiger partial charge in [-0.25, -0.2) is 4.39 Å². The van der Waals surface area contributed by atoms with Crippen LogP contribution in [0.3, 0.4) is 0 Å². The molecule has 0 radical (unpaired) electrons. The molecule has 1 aromatic carbocycles. The smallest absolute Gasteiger partial charge is 0.124 e. The van der Waals surface area contributed by atoms with Gasteiger partial charge >= 0.3 is 0 Å². The molecule has 0 bridgehead atoms. The van der Waals surface area contributed by atoms with Gasteiger partial charge in [0.2, 0.25) is 0 Å². The molecule has 0 amide bonds. The average molecular weight is 343 g/mol. The Morgan fingerprint density at radius 1 is 1.42 bits per heavy atom. The molecule has 2 aromatic rings. The summed E-state index contributed by atoms with van der Waals surface area (Å²) in [6, 6.07) is 6.92. The van der Waals surface area contributed by atoms with Crippen molar-refractivity contribution in [3.05, 3.63) is 56.4 Å². The summed E-state index contributed by atoms with van der Waals surface area (Å²) < 4.78 is 13.9. The van der Waals surface area contributed by atoms with Gasteiger partial charge in [0.15, 0.2) is 0 Å². The zero-order valence-corrected chi connectivity index (χ0v) is 13.0. The highest BCUT2D eigenvalue weighted by Crippen LogP contribution is 2.28. The van der Waals surface area contributed by atoms with Gasteiger partial charge in [-0.05, 0) is 47.1 Å². The Kier molecular flexibility index (Phi) is 5.10. The Balaban J connectivity index is 2.18. The molecule has 0 saturated carbocycles. The SMILES string of the molecule is CN(Cc1ccsc1)C(CN)c1ccc(F)cc1Br. The first-order chi connectivity index (χ1) is 9.11. The van der Waals surface area contributed by atoms with Crippen LogP contribution in [0.4, 0.5) is 4.39 Å². The molecule has 0 spiro atoms. The Hall–Kier alpha value is -0.750. The second kappa shape index (κ2) is 6.61. The largest absolute Gasteiger partial charge is 0.329 e. The number of likely N-dealkylation sites (N-methyl/N-ethyl adjacent to an activating group) is 1. The maximum Gasteiger partial charge on any atom is 0.124 e. The summed E-state index contributed by atoms with van der Waals surface area (Å²) in [5, 5.41) is 4.19. The van der Waals surface area contributed by atoms with Crippen molar-refractivity contribution in [3.63, 3.8) is 0 Å². The molecule has 0 aliphatic carbocycles. The summed E-state index contributed by atoms with van der Waals surface area (Å²) in [6.07, 6.45) is 0. The van der Waals surface area contributed by atoms with E-state index in [0.29, 0.717) is 6.54 Å². The van der Waals surface area contributed by atoms with Crippen molar-refractivity contribution in [2.75, 3.05) is 13.6 Å². The number of halogens is 2. The van der Waals surface area contributed by atoms with E-state index in [4.69, 9.17) is 5.73 Å². The van der Waals surface area contributed by atoms with Gasteiger partial charge in [0.25, 0.3) is 0 Å². The third-order valence-corrected chi connectivity index (χ3v) is 4.51. The molecule has 1 aromatic heterocycles. The third kappa shape index (κ3) is 3.63. The average Bonchev–Trinajstić information content (AvgIpc) is 2.85. The first-order valence-electron chi connectivity index (χ1n) is 5.98. The summed E-state index contributed by atoms with van der Waals surface area (Å²) in [5.41, 5.74) is 8.17. The standard InChI is InChI=1S/C14H16BrFN2S/c1-18(8-10-4-5-19-9-10)14(7-17)12-3-2-11(16)6-13(12)15/h2-6,9,14H,7-8,17H2,1H3. The monoisotopic (exact) mass is 342 g/mol. The van der Waals surface area contributed by atoms with Gasteiger partial charge in [0.1, 0.15) is 5.82 Å². The molecule has 102 valence electrons. The summed E-state index contributed by atoms with van der Waals surface area (Å²) >= 11 is 5.10. The predicted molar refractivity (Wildman–Crippen MR) is 81.7 cm³/mol. The molecular weight excluding hydrogens is 327 g/mol. The van der Waals surface area contributed by atoms with Gasteiger partial charge in [-0.1, -0.05) is 22.0 Å².